The molecule has 152 valence electrons. The minimum Gasteiger partial charge on any atom is -0.460 e. The Labute approximate surface area is 166 Å². The molecule has 2 rings (SSSR count). The molecule has 1 fully saturated rings. The molecule has 0 amide bonds. The highest BCUT2D eigenvalue weighted by Crippen LogP contribution is 2.60. The molecule has 0 bridgehead atoms. The van der Waals surface area contributed by atoms with Crippen LogP contribution in [0.15, 0.2) is 11.1 Å². The quantitative estimate of drug-likeness (QED) is 0.256. The van der Waals surface area contributed by atoms with Crippen LogP contribution in [0.25, 0.3) is 0 Å². The summed E-state index contributed by atoms with van der Waals surface area (Å²) in [4.78, 5) is 12.2. The highest BCUT2D eigenvalue weighted by molar-refractivity contribution is 6.31. The molecule has 28 heavy (non-hydrogen) atoms. The number of carbonyl (C=O) groups excluding carboxylic acids is 1. The van der Waals surface area contributed by atoms with Crippen LogP contribution in [0.2, 0.25) is 5.02 Å². The lowest BCUT2D eigenvalue weighted by molar-refractivity contribution is -0.147. The van der Waals surface area contributed by atoms with Gasteiger partial charge < -0.3 is 4.74 Å². The van der Waals surface area contributed by atoms with E-state index >= 15 is 0 Å². The minimum absolute atomic E-state index is 0.697. The van der Waals surface area contributed by atoms with Gasteiger partial charge in [0.15, 0.2) is 17.5 Å². The molecule has 0 saturated heterocycles. The van der Waals surface area contributed by atoms with E-state index in [9.17, 15) is 31.1 Å². The average molecular weight is 445 g/mol. The summed E-state index contributed by atoms with van der Waals surface area (Å²) in [5.41, 5.74) is -2.69. The Kier molecular flexibility index (Phi) is 6.03. The fourth-order valence-corrected chi connectivity index (χ4v) is 3.22. The van der Waals surface area contributed by atoms with Crippen LogP contribution in [0.5, 0.6) is 0 Å². The van der Waals surface area contributed by atoms with E-state index in [1.807, 2.05) is 0 Å². The van der Waals surface area contributed by atoms with Gasteiger partial charge in [-0.3, -0.25) is 4.79 Å². The van der Waals surface area contributed by atoms with Gasteiger partial charge in [0.1, 0.15) is 17.2 Å². The van der Waals surface area contributed by atoms with Gasteiger partial charge in [-0.15, -0.1) is 6.42 Å². The Balaban J connectivity index is 2.19. The number of terminal acetylenes is 1. The van der Waals surface area contributed by atoms with Crippen molar-refractivity contribution in [2.75, 3.05) is 0 Å². The van der Waals surface area contributed by atoms with Gasteiger partial charge in [-0.2, -0.15) is 13.2 Å². The number of hydrogen-bond acceptors (Lipinski definition) is 2. The maximum atomic E-state index is 14.0. The average Bonchev–Trinajstić information content (AvgIpc) is 3.13. The molecule has 2 atom stereocenters. The highest BCUT2D eigenvalue weighted by Gasteiger charge is 2.62. The molecule has 2 nitrogen and oxygen atoms in total. The second-order valence-corrected chi connectivity index (χ2v) is 7.48. The summed E-state index contributed by atoms with van der Waals surface area (Å²) in [6.45, 7) is 2.09. The lowest BCUT2D eigenvalue weighted by Crippen LogP contribution is -2.13. The molecule has 1 saturated carbocycles. The zero-order valence-electron chi connectivity index (χ0n) is 14.4. The number of benzene rings is 1. The number of ether oxygens (including phenoxy) is 1. The van der Waals surface area contributed by atoms with Crippen LogP contribution >= 0.6 is 23.2 Å². The van der Waals surface area contributed by atoms with Crippen molar-refractivity contribution >= 4 is 29.2 Å². The first-order valence-electron chi connectivity index (χ1n) is 7.67. The summed E-state index contributed by atoms with van der Waals surface area (Å²) in [5, 5.41) is -2.24. The largest absolute Gasteiger partial charge is 0.460 e. The van der Waals surface area contributed by atoms with E-state index in [1.165, 1.54) is 13.8 Å². The topological polar surface area (TPSA) is 26.3 Å². The molecule has 0 N–H and O–H groups in total. The first kappa shape index (κ1) is 22.4. The molecule has 10 heteroatoms. The van der Waals surface area contributed by atoms with E-state index in [0.29, 0.717) is 6.08 Å². The zero-order chi connectivity index (χ0) is 21.6. The summed E-state index contributed by atoms with van der Waals surface area (Å²) in [5.74, 6) is -5.90. The van der Waals surface area contributed by atoms with Crippen LogP contribution in [-0.2, 0) is 16.1 Å². The zero-order valence-corrected chi connectivity index (χ0v) is 15.9. The Bertz CT molecular complexity index is 870. The third kappa shape index (κ3) is 3.96. The number of carbonyl (C=O) groups is 1. The van der Waals surface area contributed by atoms with E-state index < -0.39 is 74.6 Å². The Morgan fingerprint density at radius 3 is 2.32 bits per heavy atom. The van der Waals surface area contributed by atoms with Crippen molar-refractivity contribution in [2.24, 2.45) is 17.3 Å². The molecular weight excluding hydrogens is 433 g/mol. The Morgan fingerprint density at radius 2 is 1.82 bits per heavy atom. The van der Waals surface area contributed by atoms with E-state index in [0.717, 1.165) is 0 Å². The maximum absolute atomic E-state index is 14.0. The van der Waals surface area contributed by atoms with E-state index in [4.69, 9.17) is 34.4 Å². The van der Waals surface area contributed by atoms with Crippen LogP contribution in [0.1, 0.15) is 25.0 Å². The summed E-state index contributed by atoms with van der Waals surface area (Å²) in [6.07, 6.45) is 0.820. The van der Waals surface area contributed by atoms with Gasteiger partial charge in [-0.1, -0.05) is 49.0 Å². The summed E-state index contributed by atoms with van der Waals surface area (Å²) < 4.78 is 84.2. The van der Waals surface area contributed by atoms with Crippen molar-refractivity contribution in [2.45, 2.75) is 26.6 Å². The summed E-state index contributed by atoms with van der Waals surface area (Å²) in [6, 6.07) is 0. The van der Waals surface area contributed by atoms with E-state index in [1.54, 1.807) is 5.92 Å². The van der Waals surface area contributed by atoms with Crippen molar-refractivity contribution in [1.29, 1.82) is 0 Å². The number of esters is 1. The normalized spacial score (nSPS) is 21.2. The fourth-order valence-electron chi connectivity index (χ4n) is 2.85. The summed E-state index contributed by atoms with van der Waals surface area (Å²) >= 11 is 10.8. The van der Waals surface area contributed by atoms with Crippen LogP contribution in [0.4, 0.5) is 26.3 Å². The third-order valence-electron chi connectivity index (χ3n) is 4.62. The molecule has 1 aromatic carbocycles. The molecule has 1 aliphatic rings. The van der Waals surface area contributed by atoms with Gasteiger partial charge in [-0.25, -0.2) is 13.2 Å². The second-order valence-electron chi connectivity index (χ2n) is 6.70. The summed E-state index contributed by atoms with van der Waals surface area (Å²) in [7, 11) is 0. The molecule has 1 aromatic rings. The Hall–Kier alpha value is -1.85. The highest BCUT2D eigenvalue weighted by atomic mass is 35.5. The molecule has 0 radical (unpaired) electrons. The molecular formula is C18H12Cl2F6O2. The van der Waals surface area contributed by atoms with Gasteiger partial charge in [0.05, 0.1) is 10.9 Å². The maximum Gasteiger partial charge on any atom is 0.426 e. The molecule has 0 heterocycles. The van der Waals surface area contributed by atoms with Crippen LogP contribution in [-0.4, -0.2) is 12.1 Å². The van der Waals surface area contributed by atoms with Gasteiger partial charge in [0.25, 0.3) is 0 Å². The monoisotopic (exact) mass is 444 g/mol. The smallest absolute Gasteiger partial charge is 0.426 e. The second kappa shape index (κ2) is 7.53. The van der Waals surface area contributed by atoms with Crippen LogP contribution in [0.3, 0.4) is 0 Å². The number of alkyl halides is 3. The number of allylic oxidation sites excluding steroid dienone is 2. The number of rotatable bonds is 4. The standard InChI is InChI=1S/C18H12Cl2F6O2/c1-4-7-13(21)12(20)8(15(23)14(7)22)6-28-16(27)11-9(17(11,2)3)5-10(19)18(24,25)26/h1,5,9,11H,6H2,2-3H3/b10-5-/t9-,11-/m0/s1. The van der Waals surface area contributed by atoms with Crippen molar-refractivity contribution in [3.63, 3.8) is 0 Å². The first-order chi connectivity index (χ1) is 12.7. The SMILES string of the molecule is C#Cc1c(F)c(F)c(COC(=O)[C@@H]2[C@H](/C=C(\Cl)C(F)(F)F)C2(C)C)c(Cl)c1F. The van der Waals surface area contributed by atoms with Gasteiger partial charge in [-0.05, 0) is 11.3 Å². The predicted octanol–water partition coefficient (Wildman–Crippen LogP) is 5.74. The first-order valence-corrected chi connectivity index (χ1v) is 8.43. The van der Waals surface area contributed by atoms with Gasteiger partial charge in [0, 0.05) is 5.56 Å². The lowest BCUT2D eigenvalue weighted by Gasteiger charge is -2.11. The van der Waals surface area contributed by atoms with Crippen LogP contribution < -0.4 is 0 Å². The van der Waals surface area contributed by atoms with E-state index in [-0.39, 0.29) is 0 Å². The number of halogens is 8. The number of hydrogen-bond donors (Lipinski definition) is 0. The van der Waals surface area contributed by atoms with Gasteiger partial charge >= 0.3 is 12.1 Å². The fraction of sp³-hybridized carbons (Fsp3) is 0.389. The Morgan fingerprint density at radius 1 is 1.25 bits per heavy atom. The molecule has 0 aliphatic heterocycles. The van der Waals surface area contributed by atoms with Crippen molar-refractivity contribution < 1.29 is 35.9 Å². The predicted molar refractivity (Wildman–Crippen MR) is 89.8 cm³/mol. The molecule has 0 unspecified atom stereocenters. The van der Waals surface area contributed by atoms with Crippen molar-refractivity contribution in [3.8, 4) is 12.3 Å². The van der Waals surface area contributed by atoms with Gasteiger partial charge in [0.2, 0.25) is 0 Å². The molecule has 0 aromatic heterocycles. The molecule has 0 spiro atoms. The van der Waals surface area contributed by atoms with Crippen molar-refractivity contribution in [1.82, 2.24) is 0 Å². The lowest BCUT2D eigenvalue weighted by atomic mass is 10.1. The van der Waals surface area contributed by atoms with Crippen molar-refractivity contribution in [3.05, 3.63) is 44.7 Å². The van der Waals surface area contributed by atoms with Crippen LogP contribution in [0, 0.1) is 47.0 Å². The third-order valence-corrected chi connectivity index (χ3v) is 5.35. The molecule has 1 aliphatic carbocycles. The van der Waals surface area contributed by atoms with E-state index in [2.05, 4.69) is 0 Å². The minimum atomic E-state index is -4.76.